The summed E-state index contributed by atoms with van der Waals surface area (Å²) < 4.78 is 4.50. The van der Waals surface area contributed by atoms with Crippen LogP contribution in [0.2, 0.25) is 0 Å². The van der Waals surface area contributed by atoms with Gasteiger partial charge in [0, 0.05) is 0 Å². The van der Waals surface area contributed by atoms with Gasteiger partial charge < -0.3 is 20.1 Å². The molecule has 0 amide bonds. The van der Waals surface area contributed by atoms with E-state index >= 15 is 0 Å². The third-order valence-corrected chi connectivity index (χ3v) is 2.25. The number of esters is 1. The third kappa shape index (κ3) is 4.18. The summed E-state index contributed by atoms with van der Waals surface area (Å²) in [6.45, 7) is 3.80. The predicted octanol–water partition coefficient (Wildman–Crippen LogP) is -0.789. The van der Waals surface area contributed by atoms with Crippen LogP contribution in [0.3, 0.4) is 0 Å². The summed E-state index contributed by atoms with van der Waals surface area (Å²) in [6.07, 6.45) is -0.137. The Balaban J connectivity index is 5.47. The van der Waals surface area contributed by atoms with Crippen LogP contribution < -0.4 is 0 Å². The summed E-state index contributed by atoms with van der Waals surface area (Å²) in [5.41, 5.74) is -3.06. The molecule has 0 saturated heterocycles. The number of carboxylic acids is 2. The summed E-state index contributed by atoms with van der Waals surface area (Å²) in [5.74, 6) is -8.13. The lowest BCUT2D eigenvalue weighted by Gasteiger charge is -2.27. The SMILES string of the molecule is C=CCOC(=O)C(C(C)=O)C(O)(CC(=O)O)C(=O)O. The van der Waals surface area contributed by atoms with E-state index in [0.29, 0.717) is 0 Å². The second-order valence-electron chi connectivity index (χ2n) is 3.76. The van der Waals surface area contributed by atoms with E-state index in [1.165, 1.54) is 6.08 Å². The van der Waals surface area contributed by atoms with Crippen molar-refractivity contribution in [2.24, 2.45) is 5.92 Å². The maximum absolute atomic E-state index is 11.6. The lowest BCUT2D eigenvalue weighted by Crippen LogP contribution is -2.53. The maximum Gasteiger partial charge on any atom is 0.337 e. The van der Waals surface area contributed by atoms with Gasteiger partial charge in [0.2, 0.25) is 0 Å². The Morgan fingerprint density at radius 3 is 2.16 bits per heavy atom. The zero-order valence-electron chi connectivity index (χ0n) is 10.2. The molecule has 0 aromatic rings. The number of hydrogen-bond donors (Lipinski definition) is 3. The topological polar surface area (TPSA) is 138 Å². The number of carbonyl (C=O) groups is 4. The number of ketones is 1. The molecule has 0 aliphatic rings. The van der Waals surface area contributed by atoms with Crippen LogP contribution in [0.4, 0.5) is 0 Å². The molecule has 8 heteroatoms. The molecule has 0 aromatic heterocycles. The van der Waals surface area contributed by atoms with Crippen molar-refractivity contribution >= 4 is 23.7 Å². The van der Waals surface area contributed by atoms with Crippen LogP contribution >= 0.6 is 0 Å². The first-order chi connectivity index (χ1) is 8.66. The minimum Gasteiger partial charge on any atom is -0.481 e. The van der Waals surface area contributed by atoms with E-state index in [0.717, 1.165) is 6.92 Å². The minimum atomic E-state index is -3.06. The normalized spacial score (nSPS) is 14.8. The van der Waals surface area contributed by atoms with E-state index in [4.69, 9.17) is 10.2 Å². The van der Waals surface area contributed by atoms with E-state index in [-0.39, 0.29) is 6.61 Å². The van der Waals surface area contributed by atoms with Crippen molar-refractivity contribution in [3.05, 3.63) is 12.7 Å². The highest BCUT2D eigenvalue weighted by molar-refractivity contribution is 6.05. The van der Waals surface area contributed by atoms with Gasteiger partial charge in [0.05, 0.1) is 6.42 Å². The molecule has 0 spiro atoms. The highest BCUT2D eigenvalue weighted by Crippen LogP contribution is 2.25. The molecule has 3 N–H and O–H groups in total. The summed E-state index contributed by atoms with van der Waals surface area (Å²) in [4.78, 5) is 44.5. The lowest BCUT2D eigenvalue weighted by molar-refractivity contribution is -0.182. The smallest absolute Gasteiger partial charge is 0.337 e. The van der Waals surface area contributed by atoms with Crippen LogP contribution in [0.5, 0.6) is 0 Å². The van der Waals surface area contributed by atoms with Crippen molar-refractivity contribution in [3.63, 3.8) is 0 Å². The van der Waals surface area contributed by atoms with Gasteiger partial charge in [0.1, 0.15) is 12.4 Å². The van der Waals surface area contributed by atoms with Crippen molar-refractivity contribution in [3.8, 4) is 0 Å². The van der Waals surface area contributed by atoms with Gasteiger partial charge in [-0.3, -0.25) is 14.4 Å². The van der Waals surface area contributed by atoms with E-state index in [1.54, 1.807) is 0 Å². The first kappa shape index (κ1) is 16.8. The first-order valence-corrected chi connectivity index (χ1v) is 5.12. The molecule has 8 nitrogen and oxygen atoms in total. The number of aliphatic carboxylic acids is 2. The lowest BCUT2D eigenvalue weighted by atomic mass is 9.82. The van der Waals surface area contributed by atoms with Gasteiger partial charge in [-0.2, -0.15) is 0 Å². The Morgan fingerprint density at radius 1 is 1.32 bits per heavy atom. The highest BCUT2D eigenvalue weighted by atomic mass is 16.5. The fraction of sp³-hybridized carbons (Fsp3) is 0.455. The van der Waals surface area contributed by atoms with Crippen LogP contribution in [-0.4, -0.2) is 51.2 Å². The molecule has 106 valence electrons. The molecule has 0 rings (SSSR count). The number of aliphatic hydroxyl groups is 1. The number of hydrogen-bond acceptors (Lipinski definition) is 6. The first-order valence-electron chi connectivity index (χ1n) is 5.12. The predicted molar refractivity (Wildman–Crippen MR) is 60.2 cm³/mol. The molecular formula is C11H14O8. The van der Waals surface area contributed by atoms with Crippen LogP contribution in [0.15, 0.2) is 12.7 Å². The van der Waals surface area contributed by atoms with E-state index in [1.807, 2.05) is 0 Å². The molecule has 0 aromatic carbocycles. The molecule has 0 saturated carbocycles. The summed E-state index contributed by atoms with van der Waals surface area (Å²) in [5, 5.41) is 27.3. The maximum atomic E-state index is 11.6. The van der Waals surface area contributed by atoms with Crippen molar-refractivity contribution < 1.29 is 39.2 Å². The zero-order chi connectivity index (χ0) is 15.2. The van der Waals surface area contributed by atoms with Crippen molar-refractivity contribution in [2.45, 2.75) is 18.9 Å². The van der Waals surface area contributed by atoms with Gasteiger partial charge in [-0.25, -0.2) is 4.79 Å². The number of carboxylic acid groups (broad SMARTS) is 2. The molecule has 0 aliphatic carbocycles. The Morgan fingerprint density at radius 2 is 1.84 bits per heavy atom. The van der Waals surface area contributed by atoms with Gasteiger partial charge in [-0.15, -0.1) is 0 Å². The van der Waals surface area contributed by atoms with Gasteiger partial charge >= 0.3 is 17.9 Å². The monoisotopic (exact) mass is 274 g/mol. The Hall–Kier alpha value is -2.22. The molecular weight excluding hydrogens is 260 g/mol. The van der Waals surface area contributed by atoms with Crippen LogP contribution in [0, 0.1) is 5.92 Å². The molecule has 0 radical (unpaired) electrons. The molecule has 0 bridgehead atoms. The molecule has 19 heavy (non-hydrogen) atoms. The largest absolute Gasteiger partial charge is 0.481 e. The summed E-state index contributed by atoms with van der Waals surface area (Å²) in [7, 11) is 0. The van der Waals surface area contributed by atoms with Crippen molar-refractivity contribution in [2.75, 3.05) is 6.61 Å². The van der Waals surface area contributed by atoms with Gasteiger partial charge in [-0.05, 0) is 6.92 Å². The molecule has 0 aliphatic heterocycles. The Kier molecular flexibility index (Phi) is 5.87. The molecule has 0 heterocycles. The average molecular weight is 274 g/mol. The average Bonchev–Trinajstić information content (AvgIpc) is 2.24. The van der Waals surface area contributed by atoms with Crippen LogP contribution in [0.1, 0.15) is 13.3 Å². The van der Waals surface area contributed by atoms with Crippen molar-refractivity contribution in [1.29, 1.82) is 0 Å². The fourth-order valence-corrected chi connectivity index (χ4v) is 1.45. The number of ether oxygens (including phenoxy) is 1. The minimum absolute atomic E-state index is 0.300. The summed E-state index contributed by atoms with van der Waals surface area (Å²) in [6, 6.07) is 0. The molecule has 2 unspecified atom stereocenters. The second kappa shape index (κ2) is 6.64. The van der Waals surface area contributed by atoms with Gasteiger partial charge in [0.25, 0.3) is 0 Å². The quantitative estimate of drug-likeness (QED) is 0.297. The van der Waals surface area contributed by atoms with E-state index in [2.05, 4.69) is 11.3 Å². The number of rotatable bonds is 8. The fourth-order valence-electron chi connectivity index (χ4n) is 1.45. The molecule has 0 fully saturated rings. The van der Waals surface area contributed by atoms with Crippen LogP contribution in [0.25, 0.3) is 0 Å². The number of Topliss-reactive ketones (excluding diaryl/α,β-unsaturated/α-hetero) is 1. The zero-order valence-corrected chi connectivity index (χ0v) is 10.2. The standard InChI is InChI=1S/C11H14O8/c1-3-4-19-9(15)8(6(2)12)11(18,10(16)17)5-7(13)14/h3,8,18H,1,4-5H2,2H3,(H,13,14)(H,16,17). The molecule has 2 atom stereocenters. The summed E-state index contributed by atoms with van der Waals surface area (Å²) >= 11 is 0. The third-order valence-electron chi connectivity index (χ3n) is 2.25. The number of carbonyl (C=O) groups excluding carboxylic acids is 2. The Bertz CT molecular complexity index is 413. The van der Waals surface area contributed by atoms with Gasteiger partial charge in [-0.1, -0.05) is 12.7 Å². The van der Waals surface area contributed by atoms with Crippen molar-refractivity contribution in [1.82, 2.24) is 0 Å². The van der Waals surface area contributed by atoms with E-state index in [9.17, 15) is 24.3 Å². The Labute approximate surface area is 108 Å². The highest BCUT2D eigenvalue weighted by Gasteiger charge is 2.53. The second-order valence-corrected chi connectivity index (χ2v) is 3.76. The van der Waals surface area contributed by atoms with E-state index < -0.39 is 41.6 Å². The van der Waals surface area contributed by atoms with Gasteiger partial charge in [0.15, 0.2) is 11.5 Å². The van der Waals surface area contributed by atoms with Crippen LogP contribution in [-0.2, 0) is 23.9 Å².